The SMILES string of the molecule is CCCCCCC/C=C\COC(=O)CCCCCCC(CCCCCCC(=O)OC/C=C\CCCCCCC)OC(=O)CC(C)(C)CC(C)(C)CN(C)C. The fourth-order valence-corrected chi connectivity index (χ4v) is 7.67. The summed E-state index contributed by atoms with van der Waals surface area (Å²) in [7, 11) is 4.19. The number of hydrogen-bond acceptors (Lipinski definition) is 7. The highest BCUT2D eigenvalue weighted by Crippen LogP contribution is 2.37. The number of ether oxygens (including phenoxy) is 3. The molecule has 0 saturated carbocycles. The summed E-state index contributed by atoms with van der Waals surface area (Å²) in [6.45, 7) is 15.0. The monoisotopic (exact) mass is 762 g/mol. The summed E-state index contributed by atoms with van der Waals surface area (Å²) in [5, 5.41) is 0. The number of unbranched alkanes of at least 4 members (excludes halogenated alkanes) is 16. The summed E-state index contributed by atoms with van der Waals surface area (Å²) in [6, 6.07) is 0. The number of allylic oxidation sites excluding steroid dienone is 2. The van der Waals surface area contributed by atoms with Crippen LogP contribution in [0.15, 0.2) is 24.3 Å². The molecule has 0 aromatic heterocycles. The average molecular weight is 762 g/mol. The summed E-state index contributed by atoms with van der Waals surface area (Å²) in [6.07, 6.45) is 34.3. The van der Waals surface area contributed by atoms with Gasteiger partial charge in [0.1, 0.15) is 19.3 Å². The zero-order chi connectivity index (χ0) is 40.3. The molecule has 0 amide bonds. The van der Waals surface area contributed by atoms with Gasteiger partial charge in [0.2, 0.25) is 0 Å². The van der Waals surface area contributed by atoms with Gasteiger partial charge in [0, 0.05) is 19.4 Å². The first-order chi connectivity index (χ1) is 25.8. The smallest absolute Gasteiger partial charge is 0.306 e. The maximum atomic E-state index is 13.2. The molecular weight excluding hydrogens is 675 g/mol. The lowest BCUT2D eigenvalue weighted by Gasteiger charge is -2.36. The van der Waals surface area contributed by atoms with Crippen LogP contribution in [-0.4, -0.2) is 62.8 Å². The van der Waals surface area contributed by atoms with E-state index in [-0.39, 0.29) is 34.8 Å². The molecular formula is C47H87NO6. The number of nitrogens with zero attached hydrogens (tertiary/aromatic N) is 1. The van der Waals surface area contributed by atoms with Gasteiger partial charge in [0.15, 0.2) is 0 Å². The Morgan fingerprint density at radius 2 is 0.963 bits per heavy atom. The fourth-order valence-electron chi connectivity index (χ4n) is 7.67. The van der Waals surface area contributed by atoms with Gasteiger partial charge in [-0.1, -0.05) is 143 Å². The summed E-state index contributed by atoms with van der Waals surface area (Å²) in [4.78, 5) is 39.8. The van der Waals surface area contributed by atoms with Crippen molar-refractivity contribution in [3.8, 4) is 0 Å². The molecule has 0 radical (unpaired) electrons. The van der Waals surface area contributed by atoms with Crippen LogP contribution in [0.2, 0.25) is 0 Å². The molecule has 7 nitrogen and oxygen atoms in total. The van der Waals surface area contributed by atoms with Crippen molar-refractivity contribution in [3.63, 3.8) is 0 Å². The van der Waals surface area contributed by atoms with E-state index < -0.39 is 0 Å². The van der Waals surface area contributed by atoms with E-state index in [0.29, 0.717) is 32.5 Å². The number of esters is 3. The second-order valence-corrected chi connectivity index (χ2v) is 17.7. The van der Waals surface area contributed by atoms with Gasteiger partial charge >= 0.3 is 17.9 Å². The van der Waals surface area contributed by atoms with Crippen LogP contribution >= 0.6 is 0 Å². The Kier molecular flexibility index (Phi) is 32.8. The van der Waals surface area contributed by atoms with Crippen molar-refractivity contribution in [2.45, 2.75) is 215 Å². The number of carbonyl (C=O) groups is 3. The standard InChI is InChI=1S/C47H87NO6/c1-9-11-13-15-17-19-25-31-37-52-43(49)35-29-23-21-27-33-42(54-45(51)39-46(3,4)40-47(5,6)41-48(7)8)34-28-22-24-30-36-44(50)53-38-32-26-20-18-16-14-12-10-2/h25-26,31-32,42H,9-24,27-30,33-41H2,1-8H3/b31-25-,32-26-. The Bertz CT molecular complexity index is 933. The highest BCUT2D eigenvalue weighted by atomic mass is 16.5. The minimum Gasteiger partial charge on any atom is -0.462 e. The fraction of sp³-hybridized carbons (Fsp3) is 0.851. The first kappa shape index (κ1) is 51.9. The highest BCUT2D eigenvalue weighted by molar-refractivity contribution is 5.70. The third-order valence-corrected chi connectivity index (χ3v) is 9.90. The van der Waals surface area contributed by atoms with E-state index >= 15 is 0 Å². The Morgan fingerprint density at radius 1 is 0.537 bits per heavy atom. The summed E-state index contributed by atoms with van der Waals surface area (Å²) in [5.41, 5.74) is -0.0571. The molecule has 316 valence electrons. The van der Waals surface area contributed by atoms with Gasteiger partial charge in [-0.15, -0.1) is 0 Å². The van der Waals surface area contributed by atoms with Gasteiger partial charge in [0.05, 0.1) is 6.42 Å². The summed E-state index contributed by atoms with van der Waals surface area (Å²) in [5.74, 6) is -0.356. The average Bonchev–Trinajstić information content (AvgIpc) is 3.08. The van der Waals surface area contributed by atoms with Crippen molar-refractivity contribution in [2.75, 3.05) is 33.9 Å². The minimum atomic E-state index is -0.154. The molecule has 0 aliphatic rings. The van der Waals surface area contributed by atoms with E-state index in [9.17, 15) is 14.4 Å². The van der Waals surface area contributed by atoms with E-state index in [1.165, 1.54) is 64.2 Å². The summed E-state index contributed by atoms with van der Waals surface area (Å²) >= 11 is 0. The van der Waals surface area contributed by atoms with E-state index in [1.54, 1.807) is 0 Å². The predicted octanol–water partition coefficient (Wildman–Crippen LogP) is 12.9. The van der Waals surface area contributed by atoms with Crippen molar-refractivity contribution < 1.29 is 28.6 Å². The van der Waals surface area contributed by atoms with Crippen molar-refractivity contribution >= 4 is 17.9 Å². The topological polar surface area (TPSA) is 82.1 Å². The van der Waals surface area contributed by atoms with E-state index in [1.807, 2.05) is 12.2 Å². The van der Waals surface area contributed by atoms with Crippen LogP contribution in [0.1, 0.15) is 208 Å². The van der Waals surface area contributed by atoms with Gasteiger partial charge in [-0.05, 0) is 95.6 Å². The van der Waals surface area contributed by atoms with Gasteiger partial charge in [0.25, 0.3) is 0 Å². The molecule has 7 heteroatoms. The number of rotatable bonds is 37. The Balaban J connectivity index is 4.60. The van der Waals surface area contributed by atoms with Crippen molar-refractivity contribution in [1.29, 1.82) is 0 Å². The Hall–Kier alpha value is -2.15. The molecule has 0 saturated heterocycles. The van der Waals surface area contributed by atoms with Gasteiger partial charge in [-0.3, -0.25) is 14.4 Å². The van der Waals surface area contributed by atoms with Crippen LogP contribution in [0.3, 0.4) is 0 Å². The normalized spacial score (nSPS) is 12.4. The van der Waals surface area contributed by atoms with E-state index in [0.717, 1.165) is 90.0 Å². The third-order valence-electron chi connectivity index (χ3n) is 9.90. The van der Waals surface area contributed by atoms with E-state index in [4.69, 9.17) is 14.2 Å². The lowest BCUT2D eigenvalue weighted by molar-refractivity contribution is -0.153. The third kappa shape index (κ3) is 35.5. The Labute approximate surface area is 334 Å². The van der Waals surface area contributed by atoms with Crippen LogP contribution in [0, 0.1) is 10.8 Å². The molecule has 0 bridgehead atoms. The van der Waals surface area contributed by atoms with Gasteiger partial charge in [-0.25, -0.2) is 0 Å². The van der Waals surface area contributed by atoms with Crippen LogP contribution < -0.4 is 0 Å². The number of hydrogen-bond donors (Lipinski definition) is 0. The van der Waals surface area contributed by atoms with Crippen LogP contribution in [0.5, 0.6) is 0 Å². The lowest BCUT2D eigenvalue weighted by Crippen LogP contribution is -2.34. The molecule has 0 aromatic rings. The zero-order valence-electron chi connectivity index (χ0n) is 36.8. The Morgan fingerprint density at radius 3 is 1.41 bits per heavy atom. The minimum absolute atomic E-state index is 0.0973. The maximum absolute atomic E-state index is 13.2. The largest absolute Gasteiger partial charge is 0.462 e. The second kappa shape index (κ2) is 34.1. The predicted molar refractivity (Wildman–Crippen MR) is 228 cm³/mol. The van der Waals surface area contributed by atoms with Crippen molar-refractivity contribution in [1.82, 2.24) is 4.90 Å². The maximum Gasteiger partial charge on any atom is 0.306 e. The molecule has 0 spiro atoms. The molecule has 0 aliphatic heterocycles. The quantitative estimate of drug-likeness (QED) is 0.0270. The van der Waals surface area contributed by atoms with Crippen LogP contribution in [0.4, 0.5) is 0 Å². The van der Waals surface area contributed by atoms with Gasteiger partial charge in [-0.2, -0.15) is 0 Å². The van der Waals surface area contributed by atoms with Crippen molar-refractivity contribution in [3.05, 3.63) is 24.3 Å². The molecule has 0 atom stereocenters. The molecule has 0 N–H and O–H groups in total. The summed E-state index contributed by atoms with van der Waals surface area (Å²) < 4.78 is 16.9. The molecule has 0 rings (SSSR count). The molecule has 54 heavy (non-hydrogen) atoms. The highest BCUT2D eigenvalue weighted by Gasteiger charge is 2.32. The zero-order valence-corrected chi connectivity index (χ0v) is 36.8. The number of carbonyl (C=O) groups excluding carboxylic acids is 3. The van der Waals surface area contributed by atoms with Crippen LogP contribution in [0.25, 0.3) is 0 Å². The molecule has 0 fully saturated rings. The van der Waals surface area contributed by atoms with E-state index in [2.05, 4.69) is 72.7 Å². The molecule has 0 heterocycles. The lowest BCUT2D eigenvalue weighted by atomic mass is 9.73. The molecule has 0 aliphatic carbocycles. The van der Waals surface area contributed by atoms with Gasteiger partial charge < -0.3 is 19.1 Å². The first-order valence-corrected chi connectivity index (χ1v) is 22.3. The molecule has 0 unspecified atom stereocenters. The second-order valence-electron chi connectivity index (χ2n) is 17.7. The van der Waals surface area contributed by atoms with Crippen molar-refractivity contribution in [2.24, 2.45) is 10.8 Å². The molecule has 0 aromatic carbocycles. The van der Waals surface area contributed by atoms with Crippen LogP contribution in [-0.2, 0) is 28.6 Å². The first-order valence-electron chi connectivity index (χ1n) is 22.3.